The van der Waals surface area contributed by atoms with Crippen molar-refractivity contribution >= 4 is 26.7 Å². The van der Waals surface area contributed by atoms with Crippen molar-refractivity contribution in [1.82, 2.24) is 0 Å². The van der Waals surface area contributed by atoms with Gasteiger partial charge in [-0.05, 0) is 33.4 Å². The van der Waals surface area contributed by atoms with E-state index in [0.29, 0.717) is 10.6 Å². The van der Waals surface area contributed by atoms with E-state index < -0.39 is 16.1 Å². The predicted molar refractivity (Wildman–Crippen MR) is 54.9 cm³/mol. The van der Waals surface area contributed by atoms with Gasteiger partial charge in [-0.3, -0.25) is 0 Å². The molecule has 0 radical (unpaired) electrons. The Morgan fingerprint density at radius 2 is 1.13 bits per heavy atom. The van der Waals surface area contributed by atoms with Gasteiger partial charge in [0.1, 0.15) is 0 Å². The Morgan fingerprint density at radius 3 is 1.33 bits per heavy atom. The first-order chi connectivity index (χ1) is 6.69. The van der Waals surface area contributed by atoms with Crippen LogP contribution in [0.25, 0.3) is 0 Å². The minimum absolute atomic E-state index is 0. The molecule has 0 N–H and O–H groups in total. The zero-order valence-corrected chi connectivity index (χ0v) is 13.3. The van der Waals surface area contributed by atoms with Crippen molar-refractivity contribution in [1.29, 1.82) is 0 Å². The maximum Gasteiger partial charge on any atom is 0.548 e. The molecule has 0 spiro atoms. The standard InChI is InChI=1S/C8H10O4P2.Zn/c1-11-13(9)7-3-5-8(6-4-7)14(10)12-2;/h3-6H,1-2H3;/q+2;. The van der Waals surface area contributed by atoms with Gasteiger partial charge in [0, 0.05) is 19.5 Å². The van der Waals surface area contributed by atoms with E-state index in [9.17, 15) is 9.13 Å². The third kappa shape index (κ3) is 4.14. The van der Waals surface area contributed by atoms with Crippen LogP contribution in [-0.2, 0) is 37.7 Å². The smallest absolute Gasteiger partial charge is 0.145 e. The van der Waals surface area contributed by atoms with Gasteiger partial charge in [0.05, 0.1) is 14.2 Å². The quantitative estimate of drug-likeness (QED) is 0.627. The fraction of sp³-hybridized carbons (Fsp3) is 0.250. The molecule has 0 amide bonds. The first kappa shape index (κ1) is 15.0. The van der Waals surface area contributed by atoms with Gasteiger partial charge in [-0.15, -0.1) is 9.05 Å². The summed E-state index contributed by atoms with van der Waals surface area (Å²) in [7, 11) is -0.836. The number of hydrogen-bond acceptors (Lipinski definition) is 4. The van der Waals surface area contributed by atoms with Gasteiger partial charge in [0.25, 0.3) is 0 Å². The van der Waals surface area contributed by atoms with Crippen LogP contribution in [0.1, 0.15) is 0 Å². The van der Waals surface area contributed by atoms with E-state index in [0.717, 1.165) is 0 Å². The molecule has 0 saturated heterocycles. The van der Waals surface area contributed by atoms with Crippen molar-refractivity contribution in [3.63, 3.8) is 0 Å². The summed E-state index contributed by atoms with van der Waals surface area (Å²) >= 11 is 0. The molecule has 2 unspecified atom stereocenters. The minimum Gasteiger partial charge on any atom is -0.145 e. The molecule has 2 atom stereocenters. The summed E-state index contributed by atoms with van der Waals surface area (Å²) in [5.41, 5.74) is 0. The molecule has 0 heterocycles. The summed E-state index contributed by atoms with van der Waals surface area (Å²) in [6.45, 7) is 0. The average molecular weight is 298 g/mol. The number of hydrogen-bond donors (Lipinski definition) is 0. The van der Waals surface area contributed by atoms with Crippen LogP contribution in [0.5, 0.6) is 0 Å². The van der Waals surface area contributed by atoms with Crippen LogP contribution < -0.4 is 10.6 Å². The van der Waals surface area contributed by atoms with E-state index in [-0.39, 0.29) is 19.5 Å². The first-order valence-corrected chi connectivity index (χ1v) is 6.17. The molecule has 0 aliphatic carbocycles. The molecule has 7 heteroatoms. The maximum atomic E-state index is 11.2. The summed E-state index contributed by atoms with van der Waals surface area (Å²) in [5.74, 6) is 0. The summed E-state index contributed by atoms with van der Waals surface area (Å²) in [6.07, 6.45) is 0. The minimum atomic E-state index is -1.80. The van der Waals surface area contributed by atoms with Crippen LogP contribution in [0, 0.1) is 0 Å². The molecular formula is C8H10O4P2Zn+2. The average Bonchev–Trinajstić information content (AvgIpc) is 2.27. The van der Waals surface area contributed by atoms with Crippen molar-refractivity contribution in [2.45, 2.75) is 0 Å². The number of benzene rings is 1. The molecule has 1 aromatic rings. The van der Waals surface area contributed by atoms with E-state index in [1.807, 2.05) is 0 Å². The van der Waals surface area contributed by atoms with Crippen molar-refractivity contribution in [2.75, 3.05) is 14.2 Å². The Bertz CT molecular complexity index is 317. The predicted octanol–water partition coefficient (Wildman–Crippen LogP) is 1.71. The van der Waals surface area contributed by atoms with Gasteiger partial charge >= 0.3 is 16.1 Å². The van der Waals surface area contributed by atoms with Crippen molar-refractivity contribution in [2.24, 2.45) is 0 Å². The molecule has 0 saturated carbocycles. The molecule has 4 nitrogen and oxygen atoms in total. The molecule has 0 bridgehead atoms. The van der Waals surface area contributed by atoms with Gasteiger partial charge in [-0.1, -0.05) is 0 Å². The van der Waals surface area contributed by atoms with E-state index in [1.54, 1.807) is 24.3 Å². The van der Waals surface area contributed by atoms with Gasteiger partial charge in [0.15, 0.2) is 0 Å². The molecule has 0 aliphatic rings. The zero-order valence-electron chi connectivity index (χ0n) is 8.54. The molecule has 0 aromatic heterocycles. The summed E-state index contributed by atoms with van der Waals surface area (Å²) < 4.78 is 31.7. The van der Waals surface area contributed by atoms with Gasteiger partial charge in [-0.2, -0.15) is 0 Å². The number of rotatable bonds is 4. The molecule has 1 rings (SSSR count). The van der Waals surface area contributed by atoms with Crippen molar-refractivity contribution in [3.8, 4) is 0 Å². The summed E-state index contributed by atoms with van der Waals surface area (Å²) in [4.78, 5) is 0. The van der Waals surface area contributed by atoms with Gasteiger partial charge < -0.3 is 0 Å². The molecular weight excluding hydrogens is 287 g/mol. The van der Waals surface area contributed by atoms with Crippen molar-refractivity contribution in [3.05, 3.63) is 24.3 Å². The second-order valence-corrected chi connectivity index (χ2v) is 5.19. The Labute approximate surface area is 103 Å². The van der Waals surface area contributed by atoms with E-state index in [4.69, 9.17) is 0 Å². The van der Waals surface area contributed by atoms with Crippen LogP contribution >= 0.6 is 16.1 Å². The Morgan fingerprint density at radius 1 is 0.867 bits per heavy atom. The maximum absolute atomic E-state index is 11.2. The van der Waals surface area contributed by atoms with E-state index in [2.05, 4.69) is 9.05 Å². The topological polar surface area (TPSA) is 52.6 Å². The molecule has 0 fully saturated rings. The molecule has 1 aromatic carbocycles. The molecule has 15 heavy (non-hydrogen) atoms. The Kier molecular flexibility index (Phi) is 7.25. The fourth-order valence-corrected chi connectivity index (χ4v) is 2.11. The summed E-state index contributed by atoms with van der Waals surface area (Å²) in [6, 6.07) is 6.46. The second-order valence-electron chi connectivity index (χ2n) is 2.40. The van der Waals surface area contributed by atoms with E-state index >= 15 is 0 Å². The Hall–Kier alpha value is -0.0366. The third-order valence-electron chi connectivity index (χ3n) is 1.60. The first-order valence-electron chi connectivity index (χ1n) is 3.82. The second kappa shape index (κ2) is 7.27. The van der Waals surface area contributed by atoms with Crippen LogP contribution in [0.3, 0.4) is 0 Å². The zero-order chi connectivity index (χ0) is 10.6. The largest absolute Gasteiger partial charge is 0.548 e. The van der Waals surface area contributed by atoms with Crippen LogP contribution in [-0.4, -0.2) is 14.2 Å². The summed E-state index contributed by atoms with van der Waals surface area (Å²) in [5, 5.41) is 1.15. The van der Waals surface area contributed by atoms with Crippen LogP contribution in [0.15, 0.2) is 24.3 Å². The fourth-order valence-electron chi connectivity index (χ4n) is 0.907. The monoisotopic (exact) mass is 296 g/mol. The van der Waals surface area contributed by atoms with Crippen LogP contribution in [0.4, 0.5) is 0 Å². The van der Waals surface area contributed by atoms with Gasteiger partial charge in [-0.25, -0.2) is 0 Å². The van der Waals surface area contributed by atoms with Crippen molar-refractivity contribution < 1.29 is 37.7 Å². The Balaban J connectivity index is 0.00000196. The normalized spacial score (nSPS) is 11.6. The van der Waals surface area contributed by atoms with Crippen LogP contribution in [0.2, 0.25) is 0 Å². The molecule has 0 aliphatic heterocycles. The van der Waals surface area contributed by atoms with Gasteiger partial charge in [0.2, 0.25) is 10.6 Å². The SMILES string of the molecule is CO[P+](=O)c1ccc([P+](=O)OC)cc1.[Zn]. The third-order valence-corrected chi connectivity index (χ3v) is 3.71. The molecule has 76 valence electrons. The van der Waals surface area contributed by atoms with E-state index in [1.165, 1.54) is 14.2 Å².